The fraction of sp³-hybridized carbons (Fsp3) is 0.172. The number of hydrogen-bond acceptors (Lipinski definition) is 7. The normalized spacial score (nSPS) is 11.9. The molecule has 1 atom stereocenters. The highest BCUT2D eigenvalue weighted by molar-refractivity contribution is 7.92. The van der Waals surface area contributed by atoms with Gasteiger partial charge in [-0.15, -0.1) is 0 Å². The number of rotatable bonds is 13. The Bertz CT molecular complexity index is 1430. The first-order valence-electron chi connectivity index (χ1n) is 12.4. The van der Waals surface area contributed by atoms with Crippen LogP contribution in [-0.4, -0.2) is 50.2 Å². The second kappa shape index (κ2) is 13.5. The maximum absolute atomic E-state index is 12.8. The van der Waals surface area contributed by atoms with E-state index in [-0.39, 0.29) is 17.4 Å². The molecule has 1 aromatic heterocycles. The minimum atomic E-state index is -3.80. The van der Waals surface area contributed by atoms with Gasteiger partial charge in [-0.3, -0.25) is 14.5 Å². The van der Waals surface area contributed by atoms with Crippen LogP contribution in [0.1, 0.15) is 15.9 Å². The number of aliphatic hydroxyl groups excluding tert-OH is 1. The number of aromatic nitrogens is 1. The van der Waals surface area contributed by atoms with Gasteiger partial charge in [0.25, 0.3) is 15.9 Å². The summed E-state index contributed by atoms with van der Waals surface area (Å²) >= 11 is 0. The Hall–Kier alpha value is -4.25. The van der Waals surface area contributed by atoms with Crippen LogP contribution in [0.2, 0.25) is 0 Å². The quantitative estimate of drug-likeness (QED) is 0.188. The van der Waals surface area contributed by atoms with E-state index in [1.807, 2.05) is 18.2 Å². The first-order chi connectivity index (χ1) is 18.9. The predicted octanol–water partition coefficient (Wildman–Crippen LogP) is 3.71. The molecule has 9 nitrogen and oxygen atoms in total. The van der Waals surface area contributed by atoms with Gasteiger partial charge < -0.3 is 20.5 Å². The van der Waals surface area contributed by atoms with Crippen LogP contribution >= 0.6 is 0 Å². The molecule has 3 aromatic carbocycles. The number of carbonyl (C=O) groups excluding carboxylic acids is 1. The number of pyridine rings is 1. The molecule has 0 saturated heterocycles. The number of aliphatic hydroxyl groups is 1. The average Bonchev–Trinajstić information content (AvgIpc) is 2.96. The lowest BCUT2D eigenvalue weighted by atomic mass is 10.1. The van der Waals surface area contributed by atoms with Gasteiger partial charge in [-0.2, -0.15) is 0 Å². The van der Waals surface area contributed by atoms with Crippen LogP contribution in [0.15, 0.2) is 108 Å². The molecule has 4 aromatic rings. The third-order valence-electron chi connectivity index (χ3n) is 5.71. The number of ether oxygens (including phenoxy) is 1. The van der Waals surface area contributed by atoms with E-state index >= 15 is 0 Å². The van der Waals surface area contributed by atoms with Gasteiger partial charge in [-0.05, 0) is 79.2 Å². The lowest BCUT2D eigenvalue weighted by molar-refractivity contribution is 0.102. The molecule has 39 heavy (non-hydrogen) atoms. The molecule has 0 spiro atoms. The fourth-order valence-corrected chi connectivity index (χ4v) is 4.71. The van der Waals surface area contributed by atoms with E-state index < -0.39 is 16.1 Å². The van der Waals surface area contributed by atoms with Crippen molar-refractivity contribution in [3.05, 3.63) is 115 Å². The number of nitrogens with one attached hydrogen (secondary N) is 3. The highest BCUT2D eigenvalue weighted by atomic mass is 32.2. The number of nitrogens with zero attached hydrogens (tertiary/aromatic N) is 1. The standard InChI is InChI=1S/C29H30N4O5S/c34-26(21-38-27-7-4-17-30-20-27)19-31-18-16-22-8-10-25(11-9-22)33-39(36,37)28-14-12-24(13-15-28)32-29(35)23-5-2-1-3-6-23/h1-15,17,20,26,31,33-34H,16,18-19,21H2,(H,32,35)/t26-/m0/s1. The highest BCUT2D eigenvalue weighted by Gasteiger charge is 2.15. The molecule has 1 heterocycles. The Morgan fingerprint density at radius 2 is 1.62 bits per heavy atom. The molecule has 1 amide bonds. The van der Waals surface area contributed by atoms with E-state index in [1.165, 1.54) is 12.1 Å². The zero-order chi connectivity index (χ0) is 27.5. The first kappa shape index (κ1) is 27.8. The van der Waals surface area contributed by atoms with Crippen LogP contribution in [0, 0.1) is 0 Å². The van der Waals surface area contributed by atoms with Crippen molar-refractivity contribution in [3.63, 3.8) is 0 Å². The topological polar surface area (TPSA) is 130 Å². The summed E-state index contributed by atoms with van der Waals surface area (Å²) in [5, 5.41) is 16.0. The van der Waals surface area contributed by atoms with E-state index in [2.05, 4.69) is 20.3 Å². The molecule has 0 aliphatic carbocycles. The average molecular weight is 547 g/mol. The second-order valence-corrected chi connectivity index (χ2v) is 10.4. The molecule has 0 radical (unpaired) electrons. The second-order valence-electron chi connectivity index (χ2n) is 8.75. The Kier molecular flexibility index (Phi) is 9.63. The van der Waals surface area contributed by atoms with E-state index in [4.69, 9.17) is 4.74 Å². The smallest absolute Gasteiger partial charge is 0.261 e. The maximum Gasteiger partial charge on any atom is 0.261 e. The maximum atomic E-state index is 12.8. The zero-order valence-corrected chi connectivity index (χ0v) is 22.0. The highest BCUT2D eigenvalue weighted by Crippen LogP contribution is 2.19. The molecular weight excluding hydrogens is 516 g/mol. The number of amides is 1. The summed E-state index contributed by atoms with van der Waals surface area (Å²) in [6.07, 6.45) is 3.30. The lowest BCUT2D eigenvalue weighted by Gasteiger charge is -2.13. The molecule has 0 saturated carbocycles. The van der Waals surface area contributed by atoms with Crippen LogP contribution < -0.4 is 20.1 Å². The van der Waals surface area contributed by atoms with E-state index in [0.717, 1.165) is 5.56 Å². The van der Waals surface area contributed by atoms with Gasteiger partial charge in [-0.1, -0.05) is 30.3 Å². The minimum Gasteiger partial charge on any atom is -0.489 e. The van der Waals surface area contributed by atoms with Gasteiger partial charge >= 0.3 is 0 Å². The summed E-state index contributed by atoms with van der Waals surface area (Å²) in [6, 6.07) is 25.4. The number of hydrogen-bond donors (Lipinski definition) is 4. The lowest BCUT2D eigenvalue weighted by Crippen LogP contribution is -2.32. The van der Waals surface area contributed by atoms with Gasteiger partial charge in [0, 0.05) is 29.7 Å². The summed E-state index contributed by atoms with van der Waals surface area (Å²) < 4.78 is 33.7. The van der Waals surface area contributed by atoms with Gasteiger partial charge in [-0.25, -0.2) is 8.42 Å². The third kappa shape index (κ3) is 8.64. The van der Waals surface area contributed by atoms with Crippen molar-refractivity contribution in [1.29, 1.82) is 0 Å². The Morgan fingerprint density at radius 1 is 0.897 bits per heavy atom. The van der Waals surface area contributed by atoms with E-state index in [9.17, 15) is 18.3 Å². The molecule has 4 rings (SSSR count). The molecule has 10 heteroatoms. The summed E-state index contributed by atoms with van der Waals surface area (Å²) in [7, 11) is -3.80. The van der Waals surface area contributed by atoms with Crippen molar-refractivity contribution in [2.45, 2.75) is 17.4 Å². The molecule has 0 unspecified atom stereocenters. The molecule has 202 valence electrons. The molecule has 0 bridgehead atoms. The summed E-state index contributed by atoms with van der Waals surface area (Å²) in [6.45, 7) is 1.19. The molecule has 0 aliphatic heterocycles. The number of sulfonamides is 1. The third-order valence-corrected chi connectivity index (χ3v) is 7.11. The van der Waals surface area contributed by atoms with Crippen LogP contribution in [-0.2, 0) is 16.4 Å². The van der Waals surface area contributed by atoms with Gasteiger partial charge in [0.2, 0.25) is 0 Å². The fourth-order valence-electron chi connectivity index (χ4n) is 3.65. The first-order valence-corrected chi connectivity index (χ1v) is 13.9. The van der Waals surface area contributed by atoms with Crippen LogP contribution in [0.5, 0.6) is 5.75 Å². The van der Waals surface area contributed by atoms with Crippen LogP contribution in [0.3, 0.4) is 0 Å². The van der Waals surface area contributed by atoms with Crippen molar-refractivity contribution in [2.24, 2.45) is 0 Å². The zero-order valence-electron chi connectivity index (χ0n) is 21.2. The van der Waals surface area contributed by atoms with Gasteiger partial charge in [0.15, 0.2) is 0 Å². The van der Waals surface area contributed by atoms with Crippen LogP contribution in [0.4, 0.5) is 11.4 Å². The summed E-state index contributed by atoms with van der Waals surface area (Å²) in [5.41, 5.74) is 2.47. The van der Waals surface area contributed by atoms with Crippen molar-refractivity contribution in [2.75, 3.05) is 29.7 Å². The number of anilines is 2. The Morgan fingerprint density at radius 3 is 2.31 bits per heavy atom. The van der Waals surface area contributed by atoms with E-state index in [0.29, 0.717) is 42.2 Å². The Balaban J connectivity index is 1.21. The number of carbonyl (C=O) groups is 1. The molecule has 0 aliphatic rings. The molecule has 0 fully saturated rings. The molecular formula is C29H30N4O5S. The monoisotopic (exact) mass is 546 g/mol. The van der Waals surface area contributed by atoms with E-state index in [1.54, 1.807) is 73.1 Å². The van der Waals surface area contributed by atoms with Crippen molar-refractivity contribution in [3.8, 4) is 5.75 Å². The Labute approximate surface area is 227 Å². The van der Waals surface area contributed by atoms with Crippen molar-refractivity contribution < 1.29 is 23.1 Å². The van der Waals surface area contributed by atoms with Crippen LogP contribution in [0.25, 0.3) is 0 Å². The van der Waals surface area contributed by atoms with Gasteiger partial charge in [0.05, 0.1) is 11.1 Å². The van der Waals surface area contributed by atoms with Crippen molar-refractivity contribution in [1.82, 2.24) is 10.3 Å². The van der Waals surface area contributed by atoms with Crippen molar-refractivity contribution >= 4 is 27.3 Å². The minimum absolute atomic E-state index is 0.0829. The number of benzene rings is 3. The largest absolute Gasteiger partial charge is 0.489 e. The SMILES string of the molecule is O=C(Nc1ccc(S(=O)(=O)Nc2ccc(CCNC[C@H](O)COc3cccnc3)cc2)cc1)c1ccccc1. The van der Waals surface area contributed by atoms with Gasteiger partial charge in [0.1, 0.15) is 18.5 Å². The summed E-state index contributed by atoms with van der Waals surface area (Å²) in [5.74, 6) is 0.335. The molecule has 4 N–H and O–H groups in total. The summed E-state index contributed by atoms with van der Waals surface area (Å²) in [4.78, 5) is 16.3. The predicted molar refractivity (Wildman–Crippen MR) is 150 cm³/mol.